The van der Waals surface area contributed by atoms with Crippen LogP contribution in [0.2, 0.25) is 0 Å². The van der Waals surface area contributed by atoms with Crippen molar-refractivity contribution in [3.8, 4) is 22.3 Å². The molecule has 8 aromatic rings. The lowest BCUT2D eigenvalue weighted by Gasteiger charge is -2.21. The Morgan fingerprint density at radius 2 is 0.446 bits per heavy atom. The van der Waals surface area contributed by atoms with Gasteiger partial charge in [0.15, 0.2) is 14.3 Å². The van der Waals surface area contributed by atoms with Gasteiger partial charge in [0.2, 0.25) is 0 Å². The third-order valence-electron chi connectivity index (χ3n) is 9.30. The minimum atomic E-state index is -3.02. The molecular formula is C48H38Br2O4P2. The first kappa shape index (κ1) is 40.8. The highest BCUT2D eigenvalue weighted by Crippen LogP contribution is 2.44. The highest BCUT2D eigenvalue weighted by atomic mass is 79.9. The Morgan fingerprint density at radius 3 is 0.661 bits per heavy atom. The third kappa shape index (κ3) is 9.20. The summed E-state index contributed by atoms with van der Waals surface area (Å²) in [7, 11) is -6.05. The number of hydrogen-bond donors (Lipinski definition) is 2. The van der Waals surface area contributed by atoms with E-state index in [0.29, 0.717) is 0 Å². The summed E-state index contributed by atoms with van der Waals surface area (Å²) < 4.78 is 31.5. The van der Waals surface area contributed by atoms with E-state index in [2.05, 4.69) is 80.4 Å². The summed E-state index contributed by atoms with van der Waals surface area (Å²) in [6.45, 7) is 0. The van der Waals surface area contributed by atoms with E-state index in [1.54, 1.807) is 0 Å². The van der Waals surface area contributed by atoms with E-state index in [0.717, 1.165) is 51.9 Å². The van der Waals surface area contributed by atoms with Gasteiger partial charge in [0.05, 0.1) is 0 Å². The first-order chi connectivity index (χ1) is 27.4. The van der Waals surface area contributed by atoms with Crippen LogP contribution in [0.15, 0.2) is 227 Å². The van der Waals surface area contributed by atoms with Crippen molar-refractivity contribution in [3.63, 3.8) is 0 Å². The first-order valence-electron chi connectivity index (χ1n) is 17.7. The second-order valence-corrected chi connectivity index (χ2v) is 20.0. The largest absolute Gasteiger partial charge is 0.309 e. The van der Waals surface area contributed by atoms with Crippen molar-refractivity contribution in [2.75, 3.05) is 0 Å². The van der Waals surface area contributed by atoms with Gasteiger partial charge in [-0.25, -0.2) is 0 Å². The van der Waals surface area contributed by atoms with Gasteiger partial charge in [0, 0.05) is 40.8 Å². The van der Waals surface area contributed by atoms with Gasteiger partial charge in [-0.3, -0.25) is 10.5 Å². The second-order valence-electron chi connectivity index (χ2n) is 12.7. The van der Waals surface area contributed by atoms with Crippen molar-refractivity contribution < 1.29 is 19.6 Å². The Bertz CT molecular complexity index is 2250. The summed E-state index contributed by atoms with van der Waals surface area (Å²) >= 11 is 6.84. The van der Waals surface area contributed by atoms with Crippen LogP contribution in [0.4, 0.5) is 0 Å². The zero-order chi connectivity index (χ0) is 39.4. The summed E-state index contributed by atoms with van der Waals surface area (Å²) in [6.07, 6.45) is 0. The molecule has 8 aromatic carbocycles. The highest BCUT2D eigenvalue weighted by molar-refractivity contribution is 9.10. The number of rotatable bonds is 8. The van der Waals surface area contributed by atoms with Crippen LogP contribution in [0.5, 0.6) is 0 Å². The van der Waals surface area contributed by atoms with Gasteiger partial charge in [0.25, 0.3) is 0 Å². The lowest BCUT2D eigenvalue weighted by atomic mass is 10.1. The number of halogens is 2. The lowest BCUT2D eigenvalue weighted by Crippen LogP contribution is -2.25. The van der Waals surface area contributed by atoms with Crippen molar-refractivity contribution in [1.82, 2.24) is 0 Å². The average molecular weight is 901 g/mol. The topological polar surface area (TPSA) is 74.6 Å². The van der Waals surface area contributed by atoms with Crippen molar-refractivity contribution in [2.45, 2.75) is 0 Å². The van der Waals surface area contributed by atoms with Crippen molar-refractivity contribution >= 4 is 78.0 Å². The Morgan fingerprint density at radius 1 is 0.268 bits per heavy atom. The molecule has 8 rings (SSSR count). The van der Waals surface area contributed by atoms with Crippen LogP contribution in [-0.4, -0.2) is 10.5 Å². The molecule has 0 fully saturated rings. The third-order valence-corrected chi connectivity index (χ3v) is 16.5. The molecule has 0 spiro atoms. The van der Waals surface area contributed by atoms with Gasteiger partial charge in [-0.2, -0.15) is 0 Å². The van der Waals surface area contributed by atoms with Crippen LogP contribution in [0.3, 0.4) is 0 Å². The lowest BCUT2D eigenvalue weighted by molar-refractivity contribution is -0.176. The molecule has 0 aromatic heterocycles. The van der Waals surface area contributed by atoms with Gasteiger partial charge in [-0.05, 0) is 46.5 Å². The maximum atomic E-state index is 14.7. The predicted molar refractivity (Wildman–Crippen MR) is 243 cm³/mol. The fourth-order valence-electron chi connectivity index (χ4n) is 6.46. The minimum Gasteiger partial charge on any atom is -0.309 e. The van der Waals surface area contributed by atoms with E-state index < -0.39 is 14.3 Å². The van der Waals surface area contributed by atoms with Crippen molar-refractivity contribution in [2.24, 2.45) is 0 Å². The van der Waals surface area contributed by atoms with E-state index >= 15 is 0 Å². The van der Waals surface area contributed by atoms with Crippen LogP contribution in [-0.2, 0) is 9.13 Å². The smallest absolute Gasteiger partial charge is 0.171 e. The van der Waals surface area contributed by atoms with Crippen LogP contribution in [0, 0.1) is 0 Å². The summed E-state index contributed by atoms with van der Waals surface area (Å²) in [5.41, 5.74) is 4.50. The molecule has 0 aliphatic heterocycles. The monoisotopic (exact) mass is 898 g/mol. The second kappa shape index (κ2) is 19.3. The number of hydrogen-bond acceptors (Lipinski definition) is 4. The highest BCUT2D eigenvalue weighted by Gasteiger charge is 2.31. The summed E-state index contributed by atoms with van der Waals surface area (Å²) in [4.78, 5) is 0. The fraction of sp³-hybridized carbons (Fsp3) is 0. The molecular weight excluding hydrogens is 862 g/mol. The Hall–Kier alpha value is -4.90. The average Bonchev–Trinajstić information content (AvgIpc) is 3.28. The quantitative estimate of drug-likeness (QED) is 0.0905. The van der Waals surface area contributed by atoms with Crippen LogP contribution in [0.1, 0.15) is 0 Å². The molecule has 0 unspecified atom stereocenters. The molecule has 4 nitrogen and oxygen atoms in total. The van der Waals surface area contributed by atoms with E-state index in [4.69, 9.17) is 10.5 Å². The van der Waals surface area contributed by atoms with Gasteiger partial charge in [-0.15, -0.1) is 0 Å². The fourth-order valence-corrected chi connectivity index (χ4v) is 12.3. The Kier molecular flexibility index (Phi) is 14.0. The molecule has 0 aliphatic carbocycles. The maximum absolute atomic E-state index is 14.7. The number of benzene rings is 8. The summed E-state index contributed by atoms with van der Waals surface area (Å²) in [6, 6.07) is 71.4. The van der Waals surface area contributed by atoms with Gasteiger partial charge in [-0.1, -0.05) is 226 Å². The predicted octanol–water partition coefficient (Wildman–Crippen LogP) is 11.5. The maximum Gasteiger partial charge on any atom is 0.171 e. The molecule has 56 heavy (non-hydrogen) atoms. The van der Waals surface area contributed by atoms with Crippen LogP contribution in [0.25, 0.3) is 22.3 Å². The van der Waals surface area contributed by atoms with Gasteiger partial charge in [0.1, 0.15) is 0 Å². The van der Waals surface area contributed by atoms with E-state index in [1.165, 1.54) is 11.1 Å². The molecule has 8 heteroatoms. The first-order valence-corrected chi connectivity index (χ1v) is 22.7. The molecule has 0 amide bonds. The summed E-state index contributed by atoms with van der Waals surface area (Å²) in [5.74, 6) is 0. The summed E-state index contributed by atoms with van der Waals surface area (Å²) in [5, 5.41) is 16.9. The zero-order valence-corrected chi connectivity index (χ0v) is 35.1. The minimum absolute atomic E-state index is 0.794. The molecule has 0 saturated carbocycles. The zero-order valence-electron chi connectivity index (χ0n) is 30.1. The van der Waals surface area contributed by atoms with Crippen molar-refractivity contribution in [1.29, 1.82) is 0 Å². The van der Waals surface area contributed by atoms with Crippen LogP contribution >= 0.6 is 46.1 Å². The Labute approximate surface area is 345 Å². The molecule has 0 bridgehead atoms. The molecule has 0 atom stereocenters. The SMILES string of the molecule is Brc1ccc(-c2ccc(Br)cc2)cc1.O=P(c1ccccc1)(c1ccccc1)c1ccc(-c2ccc(P(=O)(c3ccccc3)c3ccccc3)cc2)cc1.OO. The molecule has 0 radical (unpaired) electrons. The van der Waals surface area contributed by atoms with Gasteiger partial charge < -0.3 is 9.13 Å². The van der Waals surface area contributed by atoms with E-state index in [9.17, 15) is 9.13 Å². The Balaban J connectivity index is 0.000000278. The molecule has 2 N–H and O–H groups in total. The molecule has 0 aliphatic rings. The molecule has 0 saturated heterocycles. The van der Waals surface area contributed by atoms with E-state index in [-0.39, 0.29) is 0 Å². The molecule has 278 valence electrons. The molecule has 0 heterocycles. The van der Waals surface area contributed by atoms with E-state index in [1.807, 2.05) is 170 Å². The van der Waals surface area contributed by atoms with Crippen molar-refractivity contribution in [3.05, 3.63) is 227 Å². The normalized spacial score (nSPS) is 11.0. The van der Waals surface area contributed by atoms with Crippen LogP contribution < -0.4 is 31.8 Å². The standard InChI is InChI=1S/C36H28O2P2.C12H8Br2.H2O2/c37-39(31-13-5-1-6-14-31,32-15-7-2-8-16-32)35-25-21-29(22-26-35)30-23-27-36(28-24-30)40(38,33-17-9-3-10-18-33)34-19-11-4-12-20-34;13-11-5-1-9(2-6-11)10-3-7-12(14)8-4-10;1-2/h1-28H;1-8H;1-2H. The van der Waals surface area contributed by atoms with Gasteiger partial charge >= 0.3 is 0 Å².